The number of thiocarbonyl (C=S) groups is 1. The molecule has 0 aliphatic heterocycles. The predicted octanol–water partition coefficient (Wildman–Crippen LogP) is 2.48. The van der Waals surface area contributed by atoms with Gasteiger partial charge in [-0.15, -0.1) is 0 Å². The molecule has 2 aromatic carbocycles. The summed E-state index contributed by atoms with van der Waals surface area (Å²) >= 11 is 5.48. The molecule has 134 valence electrons. The molecule has 2 aromatic rings. The normalized spacial score (nSPS) is 11.9. The third kappa shape index (κ3) is 5.44. The van der Waals surface area contributed by atoms with E-state index in [2.05, 4.69) is 68.9 Å². The van der Waals surface area contributed by atoms with Gasteiger partial charge >= 0.3 is 0 Å². The molecule has 0 aromatic heterocycles. The molecule has 5 heteroatoms. The van der Waals surface area contributed by atoms with Crippen molar-refractivity contribution >= 4 is 23.0 Å². The zero-order valence-corrected chi connectivity index (χ0v) is 16.5. The molecule has 0 aliphatic rings. The van der Waals surface area contributed by atoms with Gasteiger partial charge in [-0.25, -0.2) is 0 Å². The minimum atomic E-state index is 0.296. The second-order valence-electron chi connectivity index (χ2n) is 6.56. The van der Waals surface area contributed by atoms with Crippen molar-refractivity contribution in [1.29, 1.82) is 0 Å². The zero-order chi connectivity index (χ0) is 18.4. The van der Waals surface area contributed by atoms with E-state index in [1.807, 2.05) is 12.1 Å². The number of anilines is 1. The van der Waals surface area contributed by atoms with E-state index in [0.717, 1.165) is 18.0 Å². The third-order valence-electron chi connectivity index (χ3n) is 4.32. The summed E-state index contributed by atoms with van der Waals surface area (Å²) in [6.07, 6.45) is 0. The highest BCUT2D eigenvalue weighted by Crippen LogP contribution is 2.17. The first-order valence-electron chi connectivity index (χ1n) is 8.47. The van der Waals surface area contributed by atoms with Gasteiger partial charge in [-0.2, -0.15) is 0 Å². The first-order valence-corrected chi connectivity index (χ1v) is 8.87. The number of rotatable bonds is 6. The average Bonchev–Trinajstić information content (AvgIpc) is 2.58. The standard InChI is InChI=1S/C20H27N3OS/c1-14-6-7-15(2)18(12-14)22-20(25)21-13-19(23(3)4)16-8-10-17(24-5)11-9-16/h6-12,19H,13H2,1-5H3,(H2,21,22,25)/p+1/t19-/m0/s1. The van der Waals surface area contributed by atoms with Crippen molar-refractivity contribution in [3.63, 3.8) is 0 Å². The van der Waals surface area contributed by atoms with Gasteiger partial charge in [0.2, 0.25) is 0 Å². The molecule has 0 saturated carbocycles. The van der Waals surface area contributed by atoms with Crippen molar-refractivity contribution in [3.8, 4) is 5.75 Å². The van der Waals surface area contributed by atoms with Crippen molar-refractivity contribution in [3.05, 3.63) is 59.2 Å². The summed E-state index contributed by atoms with van der Waals surface area (Å²) in [6, 6.07) is 14.8. The molecule has 0 aliphatic carbocycles. The number of hydrogen-bond donors (Lipinski definition) is 3. The van der Waals surface area contributed by atoms with Gasteiger partial charge < -0.3 is 20.3 Å². The Labute approximate surface area is 156 Å². The Morgan fingerprint density at radius 2 is 1.80 bits per heavy atom. The highest BCUT2D eigenvalue weighted by molar-refractivity contribution is 7.80. The maximum Gasteiger partial charge on any atom is 0.171 e. The summed E-state index contributed by atoms with van der Waals surface area (Å²) in [5, 5.41) is 7.31. The molecule has 2 rings (SSSR count). The van der Waals surface area contributed by atoms with E-state index in [4.69, 9.17) is 17.0 Å². The molecule has 1 atom stereocenters. The van der Waals surface area contributed by atoms with Crippen molar-refractivity contribution in [2.24, 2.45) is 0 Å². The number of ether oxygens (including phenoxy) is 1. The number of likely N-dealkylation sites (N-methyl/N-ethyl adjacent to an activating group) is 1. The topological polar surface area (TPSA) is 37.7 Å². The second-order valence-corrected chi connectivity index (χ2v) is 6.96. The van der Waals surface area contributed by atoms with Gasteiger partial charge in [0.1, 0.15) is 11.8 Å². The minimum absolute atomic E-state index is 0.296. The van der Waals surface area contributed by atoms with E-state index in [1.54, 1.807) is 7.11 Å². The average molecular weight is 359 g/mol. The van der Waals surface area contributed by atoms with E-state index in [9.17, 15) is 0 Å². The molecule has 25 heavy (non-hydrogen) atoms. The molecule has 0 bridgehead atoms. The van der Waals surface area contributed by atoms with Gasteiger partial charge in [-0.05, 0) is 67.5 Å². The maximum absolute atomic E-state index is 5.48. The lowest BCUT2D eigenvalue weighted by Crippen LogP contribution is -3.07. The van der Waals surface area contributed by atoms with Gasteiger partial charge in [0.15, 0.2) is 5.11 Å². The zero-order valence-electron chi connectivity index (χ0n) is 15.6. The van der Waals surface area contributed by atoms with Crippen molar-refractivity contribution in [2.75, 3.05) is 33.1 Å². The fourth-order valence-corrected chi connectivity index (χ4v) is 2.92. The molecule has 4 nitrogen and oxygen atoms in total. The molecular formula is C20H28N3OS+. The quantitative estimate of drug-likeness (QED) is 0.694. The van der Waals surface area contributed by atoms with Crippen LogP contribution in [0.5, 0.6) is 5.75 Å². The van der Waals surface area contributed by atoms with Crippen molar-refractivity contribution in [2.45, 2.75) is 19.9 Å². The lowest BCUT2D eigenvalue weighted by Gasteiger charge is -2.23. The number of methoxy groups -OCH3 is 1. The molecule has 0 unspecified atom stereocenters. The Hall–Kier alpha value is -2.11. The Morgan fingerprint density at radius 3 is 2.40 bits per heavy atom. The van der Waals surface area contributed by atoms with Crippen LogP contribution in [0.15, 0.2) is 42.5 Å². The van der Waals surface area contributed by atoms with Crippen LogP contribution in [0.4, 0.5) is 5.69 Å². The van der Waals surface area contributed by atoms with Crippen molar-refractivity contribution in [1.82, 2.24) is 5.32 Å². The van der Waals surface area contributed by atoms with E-state index in [1.165, 1.54) is 21.6 Å². The summed E-state index contributed by atoms with van der Waals surface area (Å²) in [7, 11) is 5.98. The summed E-state index contributed by atoms with van der Waals surface area (Å²) < 4.78 is 5.24. The minimum Gasteiger partial charge on any atom is -0.497 e. The van der Waals surface area contributed by atoms with E-state index in [0.29, 0.717) is 11.2 Å². The fraction of sp³-hybridized carbons (Fsp3) is 0.350. The van der Waals surface area contributed by atoms with Crippen LogP contribution in [0.25, 0.3) is 0 Å². The molecule has 0 fully saturated rings. The molecule has 3 N–H and O–H groups in total. The van der Waals surface area contributed by atoms with Crippen LogP contribution in [-0.2, 0) is 0 Å². The maximum atomic E-state index is 5.48. The lowest BCUT2D eigenvalue weighted by molar-refractivity contribution is -0.890. The number of quaternary nitrogens is 1. The summed E-state index contributed by atoms with van der Waals surface area (Å²) in [6.45, 7) is 4.91. The van der Waals surface area contributed by atoms with Crippen molar-refractivity contribution < 1.29 is 9.64 Å². The predicted molar refractivity (Wildman–Crippen MR) is 109 cm³/mol. The Kier molecular flexibility index (Phi) is 6.79. The van der Waals surface area contributed by atoms with Gasteiger partial charge in [-0.3, -0.25) is 0 Å². The Bertz CT molecular complexity index is 713. The Morgan fingerprint density at radius 1 is 1.12 bits per heavy atom. The van der Waals surface area contributed by atoms with E-state index in [-0.39, 0.29) is 0 Å². The highest BCUT2D eigenvalue weighted by atomic mass is 32.1. The number of benzene rings is 2. The summed E-state index contributed by atoms with van der Waals surface area (Å²) in [5.74, 6) is 0.872. The first-order chi connectivity index (χ1) is 11.9. The fourth-order valence-electron chi connectivity index (χ4n) is 2.72. The van der Waals surface area contributed by atoms with Crippen LogP contribution < -0.4 is 20.3 Å². The van der Waals surface area contributed by atoms with E-state index < -0.39 is 0 Å². The number of aryl methyl sites for hydroxylation is 2. The number of nitrogens with one attached hydrogen (secondary N) is 3. The molecule has 0 amide bonds. The highest BCUT2D eigenvalue weighted by Gasteiger charge is 2.18. The van der Waals surface area contributed by atoms with Gasteiger partial charge in [0, 0.05) is 11.3 Å². The van der Waals surface area contributed by atoms with Crippen LogP contribution in [0, 0.1) is 13.8 Å². The van der Waals surface area contributed by atoms with Gasteiger partial charge in [-0.1, -0.05) is 12.1 Å². The van der Waals surface area contributed by atoms with Gasteiger partial charge in [0.05, 0.1) is 27.7 Å². The van der Waals surface area contributed by atoms with Crippen LogP contribution in [0.1, 0.15) is 22.7 Å². The molecule has 0 spiro atoms. The molecule has 0 radical (unpaired) electrons. The first kappa shape index (κ1) is 19.2. The van der Waals surface area contributed by atoms with Crippen LogP contribution in [-0.4, -0.2) is 32.9 Å². The van der Waals surface area contributed by atoms with Gasteiger partial charge in [0.25, 0.3) is 0 Å². The molecular weight excluding hydrogens is 330 g/mol. The number of hydrogen-bond acceptors (Lipinski definition) is 2. The van der Waals surface area contributed by atoms with Crippen LogP contribution in [0.3, 0.4) is 0 Å². The smallest absolute Gasteiger partial charge is 0.171 e. The van der Waals surface area contributed by atoms with Crippen LogP contribution in [0.2, 0.25) is 0 Å². The monoisotopic (exact) mass is 358 g/mol. The third-order valence-corrected chi connectivity index (χ3v) is 4.57. The molecule has 0 heterocycles. The summed E-state index contributed by atoms with van der Waals surface area (Å²) in [4.78, 5) is 1.34. The lowest BCUT2D eigenvalue weighted by atomic mass is 10.1. The largest absolute Gasteiger partial charge is 0.497 e. The van der Waals surface area contributed by atoms with E-state index >= 15 is 0 Å². The Balaban J connectivity index is 2.00. The van der Waals surface area contributed by atoms with Crippen LogP contribution >= 0.6 is 12.2 Å². The SMILES string of the molecule is COc1ccc([C@H](CNC(=S)Nc2cc(C)ccc2C)[NH+](C)C)cc1. The second kappa shape index (κ2) is 8.83. The molecule has 0 saturated heterocycles. The summed E-state index contributed by atoms with van der Waals surface area (Å²) in [5.41, 5.74) is 4.70.